The second-order valence-corrected chi connectivity index (χ2v) is 3.90. The maximum Gasteiger partial charge on any atom is 0.220 e. The van der Waals surface area contributed by atoms with Crippen molar-refractivity contribution < 1.29 is 9.53 Å². The van der Waals surface area contributed by atoms with Crippen LogP contribution in [-0.2, 0) is 9.53 Å². The van der Waals surface area contributed by atoms with Crippen LogP contribution in [0.3, 0.4) is 0 Å². The average Bonchev–Trinajstić information content (AvgIpc) is 2.17. The van der Waals surface area contributed by atoms with Crippen molar-refractivity contribution in [2.24, 2.45) is 0 Å². The van der Waals surface area contributed by atoms with Crippen LogP contribution in [-0.4, -0.2) is 31.0 Å². The first-order valence-corrected chi connectivity index (χ1v) is 6.33. The molecule has 0 aromatic rings. The average molecular weight is 266 g/mol. The van der Waals surface area contributed by atoms with E-state index in [1.807, 2.05) is 0 Å². The molecule has 0 aromatic carbocycles. The van der Waals surface area contributed by atoms with Gasteiger partial charge in [-0.3, -0.25) is 4.79 Å². The summed E-state index contributed by atoms with van der Waals surface area (Å²) in [5.74, 6) is 0.107. The fourth-order valence-electron chi connectivity index (χ4n) is 0.925. The van der Waals surface area contributed by atoms with E-state index in [2.05, 4.69) is 28.2 Å². The molecular weight excluding hydrogens is 246 g/mol. The number of unbranched alkanes of at least 4 members (excludes halogenated alkanes) is 1. The van der Waals surface area contributed by atoms with Gasteiger partial charge in [-0.15, -0.1) is 0 Å². The van der Waals surface area contributed by atoms with Crippen LogP contribution in [0.4, 0.5) is 0 Å². The summed E-state index contributed by atoms with van der Waals surface area (Å²) in [6.07, 6.45) is 3.74. The smallest absolute Gasteiger partial charge is 0.220 e. The summed E-state index contributed by atoms with van der Waals surface area (Å²) in [4.78, 5) is 11.0. The second kappa shape index (κ2) is 11.0. The quantitative estimate of drug-likeness (QED) is 0.512. The lowest BCUT2D eigenvalue weighted by atomic mass is 10.3. The first kappa shape index (κ1) is 13.9. The fourth-order valence-corrected chi connectivity index (χ4v) is 1.28. The van der Waals surface area contributed by atoms with Crippen molar-refractivity contribution in [1.82, 2.24) is 5.32 Å². The number of ether oxygens (including phenoxy) is 1. The van der Waals surface area contributed by atoms with Gasteiger partial charge in [0.1, 0.15) is 0 Å². The minimum absolute atomic E-state index is 0.107. The number of carbonyl (C=O) groups is 1. The molecule has 0 bridgehead atoms. The molecule has 0 saturated carbocycles. The molecule has 0 spiro atoms. The number of hydrogen-bond donors (Lipinski definition) is 1. The van der Waals surface area contributed by atoms with Crippen LogP contribution in [0.5, 0.6) is 0 Å². The molecule has 1 amide bonds. The highest BCUT2D eigenvalue weighted by molar-refractivity contribution is 9.09. The Morgan fingerprint density at radius 1 is 1.36 bits per heavy atom. The first-order valence-electron chi connectivity index (χ1n) is 5.21. The predicted octanol–water partition coefficient (Wildman–Crippen LogP) is 2.09. The van der Waals surface area contributed by atoms with Crippen molar-refractivity contribution in [2.75, 3.05) is 25.1 Å². The van der Waals surface area contributed by atoms with Crippen LogP contribution in [0.2, 0.25) is 0 Å². The third kappa shape index (κ3) is 9.99. The van der Waals surface area contributed by atoms with Gasteiger partial charge in [0.25, 0.3) is 0 Å². The van der Waals surface area contributed by atoms with E-state index in [0.29, 0.717) is 6.42 Å². The summed E-state index contributed by atoms with van der Waals surface area (Å²) in [5.41, 5.74) is 0. The van der Waals surface area contributed by atoms with Crippen molar-refractivity contribution in [3.63, 3.8) is 0 Å². The maximum atomic E-state index is 11.0. The Hall–Kier alpha value is -0.0900. The lowest BCUT2D eigenvalue weighted by Crippen LogP contribution is -2.25. The third-order valence-electron chi connectivity index (χ3n) is 1.75. The van der Waals surface area contributed by atoms with Gasteiger partial charge in [0, 0.05) is 31.5 Å². The molecule has 0 rings (SSSR count). The van der Waals surface area contributed by atoms with Crippen molar-refractivity contribution in [2.45, 2.75) is 32.6 Å². The molecule has 3 nitrogen and oxygen atoms in total. The Bertz CT molecular complexity index is 142. The Kier molecular flexibility index (Phi) is 10.9. The minimum atomic E-state index is 0.107. The molecule has 0 radical (unpaired) electrons. The number of hydrogen-bond acceptors (Lipinski definition) is 2. The fraction of sp³-hybridized carbons (Fsp3) is 0.900. The van der Waals surface area contributed by atoms with Crippen molar-refractivity contribution in [1.29, 1.82) is 0 Å². The standard InChI is InChI=1S/C10H20BrNO2/c1-2-3-8-14-9-4-7-12-10(13)5-6-11/h2-9H2,1H3,(H,12,13). The molecule has 0 aliphatic rings. The van der Waals surface area contributed by atoms with Gasteiger partial charge in [-0.1, -0.05) is 29.3 Å². The van der Waals surface area contributed by atoms with E-state index >= 15 is 0 Å². The van der Waals surface area contributed by atoms with Crippen LogP contribution in [0.1, 0.15) is 32.6 Å². The molecule has 14 heavy (non-hydrogen) atoms. The van der Waals surface area contributed by atoms with E-state index in [1.165, 1.54) is 6.42 Å². The zero-order valence-electron chi connectivity index (χ0n) is 8.85. The molecule has 0 aromatic heterocycles. The molecule has 0 unspecified atom stereocenters. The van der Waals surface area contributed by atoms with Gasteiger partial charge < -0.3 is 10.1 Å². The van der Waals surface area contributed by atoms with E-state index in [9.17, 15) is 4.79 Å². The van der Waals surface area contributed by atoms with Gasteiger partial charge >= 0.3 is 0 Å². The van der Waals surface area contributed by atoms with E-state index in [4.69, 9.17) is 4.74 Å². The topological polar surface area (TPSA) is 38.3 Å². The predicted molar refractivity (Wildman–Crippen MR) is 61.8 cm³/mol. The van der Waals surface area contributed by atoms with Gasteiger partial charge in [-0.2, -0.15) is 0 Å². The summed E-state index contributed by atoms with van der Waals surface area (Å²) in [6, 6.07) is 0. The highest BCUT2D eigenvalue weighted by atomic mass is 79.9. The number of nitrogens with one attached hydrogen (secondary N) is 1. The van der Waals surface area contributed by atoms with Gasteiger partial charge in [-0.05, 0) is 12.8 Å². The largest absolute Gasteiger partial charge is 0.381 e. The molecule has 1 N–H and O–H groups in total. The Morgan fingerprint density at radius 2 is 2.07 bits per heavy atom. The molecule has 0 aliphatic heterocycles. The van der Waals surface area contributed by atoms with Gasteiger partial charge in [-0.25, -0.2) is 0 Å². The molecule has 0 atom stereocenters. The van der Waals surface area contributed by atoms with E-state index in [-0.39, 0.29) is 5.91 Å². The first-order chi connectivity index (χ1) is 6.81. The normalized spacial score (nSPS) is 10.1. The molecule has 0 aliphatic carbocycles. The van der Waals surface area contributed by atoms with E-state index in [1.54, 1.807) is 0 Å². The zero-order valence-corrected chi connectivity index (χ0v) is 10.4. The Morgan fingerprint density at radius 3 is 2.71 bits per heavy atom. The van der Waals surface area contributed by atoms with Crippen molar-refractivity contribution in [3.8, 4) is 0 Å². The second-order valence-electron chi connectivity index (χ2n) is 3.11. The summed E-state index contributed by atoms with van der Waals surface area (Å²) >= 11 is 3.22. The van der Waals surface area contributed by atoms with E-state index in [0.717, 1.165) is 37.9 Å². The van der Waals surface area contributed by atoms with Crippen LogP contribution < -0.4 is 5.32 Å². The van der Waals surface area contributed by atoms with Gasteiger partial charge in [0.05, 0.1) is 0 Å². The summed E-state index contributed by atoms with van der Waals surface area (Å²) in [7, 11) is 0. The number of alkyl halides is 1. The highest BCUT2D eigenvalue weighted by Crippen LogP contribution is 1.90. The summed E-state index contributed by atoms with van der Waals surface area (Å²) in [5, 5.41) is 3.55. The highest BCUT2D eigenvalue weighted by Gasteiger charge is 1.97. The molecule has 0 saturated heterocycles. The van der Waals surface area contributed by atoms with Crippen molar-refractivity contribution >= 4 is 21.8 Å². The number of amides is 1. The SMILES string of the molecule is CCCCOCCCNC(=O)CCBr. The summed E-state index contributed by atoms with van der Waals surface area (Å²) < 4.78 is 5.36. The van der Waals surface area contributed by atoms with Crippen LogP contribution in [0.25, 0.3) is 0 Å². The molecule has 0 fully saturated rings. The lowest BCUT2D eigenvalue weighted by molar-refractivity contribution is -0.120. The minimum Gasteiger partial charge on any atom is -0.381 e. The molecule has 0 heterocycles. The Labute approximate surface area is 94.7 Å². The number of rotatable bonds is 9. The number of halogens is 1. The van der Waals surface area contributed by atoms with Crippen LogP contribution in [0.15, 0.2) is 0 Å². The van der Waals surface area contributed by atoms with Crippen LogP contribution >= 0.6 is 15.9 Å². The van der Waals surface area contributed by atoms with Crippen molar-refractivity contribution in [3.05, 3.63) is 0 Å². The Balaban J connectivity index is 3.01. The maximum absolute atomic E-state index is 11.0. The molecule has 4 heteroatoms. The summed E-state index contributed by atoms with van der Waals surface area (Å²) in [6.45, 7) is 4.45. The molecule has 84 valence electrons. The van der Waals surface area contributed by atoms with Gasteiger partial charge in [0.15, 0.2) is 0 Å². The van der Waals surface area contributed by atoms with Gasteiger partial charge in [0.2, 0.25) is 5.91 Å². The monoisotopic (exact) mass is 265 g/mol. The number of carbonyl (C=O) groups excluding carboxylic acids is 1. The zero-order chi connectivity index (χ0) is 10.6. The van der Waals surface area contributed by atoms with Crippen LogP contribution in [0, 0.1) is 0 Å². The third-order valence-corrected chi connectivity index (χ3v) is 2.15. The van der Waals surface area contributed by atoms with E-state index < -0.39 is 0 Å². The lowest BCUT2D eigenvalue weighted by Gasteiger charge is -2.04. The molecular formula is C10H20BrNO2.